The first kappa shape index (κ1) is 12.4. The number of rotatable bonds is 3. The van der Waals surface area contributed by atoms with E-state index in [-0.39, 0.29) is 11.3 Å². The van der Waals surface area contributed by atoms with Gasteiger partial charge in [0.05, 0.1) is 18.4 Å². The van der Waals surface area contributed by atoms with E-state index in [1.807, 2.05) is 0 Å². The SMILES string of the molecule is COC(=O)c1ccnc(Sc2nnc(C)o2)c1N. The lowest BCUT2D eigenvalue weighted by Crippen LogP contribution is -2.07. The number of esters is 1. The van der Waals surface area contributed by atoms with E-state index in [1.165, 1.54) is 19.4 Å². The van der Waals surface area contributed by atoms with Gasteiger partial charge >= 0.3 is 5.97 Å². The highest BCUT2D eigenvalue weighted by Gasteiger charge is 2.16. The van der Waals surface area contributed by atoms with Crippen LogP contribution in [0.15, 0.2) is 26.9 Å². The van der Waals surface area contributed by atoms with Gasteiger partial charge in [-0.25, -0.2) is 9.78 Å². The minimum absolute atomic E-state index is 0.227. The predicted octanol–water partition coefficient (Wildman–Crippen LogP) is 1.29. The Balaban J connectivity index is 2.31. The first-order chi connectivity index (χ1) is 8.61. The normalized spacial score (nSPS) is 10.3. The largest absolute Gasteiger partial charge is 0.465 e. The molecule has 18 heavy (non-hydrogen) atoms. The van der Waals surface area contributed by atoms with Crippen LogP contribution >= 0.6 is 11.8 Å². The summed E-state index contributed by atoms with van der Waals surface area (Å²) in [5.41, 5.74) is 6.32. The number of carbonyl (C=O) groups is 1. The van der Waals surface area contributed by atoms with Crippen molar-refractivity contribution in [2.24, 2.45) is 0 Å². The molecule has 0 amide bonds. The second kappa shape index (κ2) is 5.05. The number of hydrogen-bond acceptors (Lipinski definition) is 8. The summed E-state index contributed by atoms with van der Waals surface area (Å²) < 4.78 is 9.82. The summed E-state index contributed by atoms with van der Waals surface area (Å²) in [6.45, 7) is 1.68. The molecule has 7 nitrogen and oxygen atoms in total. The smallest absolute Gasteiger partial charge is 0.340 e. The minimum atomic E-state index is -0.515. The van der Waals surface area contributed by atoms with E-state index in [4.69, 9.17) is 10.2 Å². The highest BCUT2D eigenvalue weighted by atomic mass is 32.2. The first-order valence-electron chi connectivity index (χ1n) is 4.92. The Labute approximate surface area is 107 Å². The maximum absolute atomic E-state index is 11.5. The topological polar surface area (TPSA) is 104 Å². The molecule has 0 saturated carbocycles. The molecular formula is C10H10N4O3S. The van der Waals surface area contributed by atoms with Crippen LogP contribution in [0.3, 0.4) is 0 Å². The third kappa shape index (κ3) is 2.43. The van der Waals surface area contributed by atoms with Crippen molar-refractivity contribution >= 4 is 23.4 Å². The van der Waals surface area contributed by atoms with E-state index in [0.717, 1.165) is 11.8 Å². The number of aromatic nitrogens is 3. The van der Waals surface area contributed by atoms with Gasteiger partial charge < -0.3 is 14.9 Å². The van der Waals surface area contributed by atoms with Crippen LogP contribution in [0.5, 0.6) is 0 Å². The molecule has 2 rings (SSSR count). The molecule has 2 aromatic heterocycles. The summed E-state index contributed by atoms with van der Waals surface area (Å²) in [5, 5.41) is 8.23. The van der Waals surface area contributed by atoms with Crippen LogP contribution in [-0.4, -0.2) is 28.3 Å². The summed E-state index contributed by atoms with van der Waals surface area (Å²) in [6.07, 6.45) is 1.47. The summed E-state index contributed by atoms with van der Waals surface area (Å²) in [5.74, 6) is -0.0707. The second-order valence-corrected chi connectivity index (χ2v) is 4.20. The molecule has 0 saturated heterocycles. The molecule has 0 spiro atoms. The van der Waals surface area contributed by atoms with Crippen LogP contribution < -0.4 is 5.73 Å². The number of ether oxygens (including phenoxy) is 1. The average molecular weight is 266 g/mol. The van der Waals surface area contributed by atoms with Gasteiger partial charge in [0.1, 0.15) is 5.03 Å². The van der Waals surface area contributed by atoms with E-state index in [1.54, 1.807) is 6.92 Å². The van der Waals surface area contributed by atoms with Gasteiger partial charge in [-0.05, 0) is 17.8 Å². The Hall–Kier alpha value is -2.09. The molecule has 0 radical (unpaired) electrons. The fourth-order valence-corrected chi connectivity index (χ4v) is 1.97. The van der Waals surface area contributed by atoms with Crippen molar-refractivity contribution in [3.05, 3.63) is 23.7 Å². The molecule has 0 aliphatic carbocycles. The van der Waals surface area contributed by atoms with Crippen molar-refractivity contribution in [2.45, 2.75) is 17.2 Å². The molecule has 0 aliphatic heterocycles. The summed E-state index contributed by atoms with van der Waals surface area (Å²) in [6, 6.07) is 1.49. The second-order valence-electron chi connectivity index (χ2n) is 3.26. The van der Waals surface area contributed by atoms with E-state index in [2.05, 4.69) is 19.9 Å². The predicted molar refractivity (Wildman–Crippen MR) is 63.1 cm³/mol. The molecule has 94 valence electrons. The summed E-state index contributed by atoms with van der Waals surface area (Å²) in [4.78, 5) is 15.5. The van der Waals surface area contributed by atoms with Crippen LogP contribution in [0, 0.1) is 6.92 Å². The van der Waals surface area contributed by atoms with Crippen LogP contribution in [0.25, 0.3) is 0 Å². The fraction of sp³-hybridized carbons (Fsp3) is 0.200. The van der Waals surface area contributed by atoms with Crippen LogP contribution in [0.2, 0.25) is 0 Å². The monoisotopic (exact) mass is 266 g/mol. The van der Waals surface area contributed by atoms with Crippen molar-refractivity contribution < 1.29 is 13.9 Å². The van der Waals surface area contributed by atoms with Gasteiger partial charge in [0.2, 0.25) is 5.89 Å². The lowest BCUT2D eigenvalue weighted by molar-refractivity contribution is 0.0601. The Morgan fingerprint density at radius 2 is 2.28 bits per heavy atom. The third-order valence-electron chi connectivity index (χ3n) is 2.05. The summed E-state index contributed by atoms with van der Waals surface area (Å²) >= 11 is 1.09. The molecular weight excluding hydrogens is 256 g/mol. The number of methoxy groups -OCH3 is 1. The molecule has 0 unspecified atom stereocenters. The zero-order valence-corrected chi connectivity index (χ0v) is 10.5. The zero-order valence-electron chi connectivity index (χ0n) is 9.71. The number of nitrogen functional groups attached to an aromatic ring is 1. The first-order valence-corrected chi connectivity index (χ1v) is 5.74. The fourth-order valence-electron chi connectivity index (χ4n) is 1.23. The number of aryl methyl sites for hydroxylation is 1. The van der Waals surface area contributed by atoms with Crippen molar-refractivity contribution in [3.63, 3.8) is 0 Å². The molecule has 2 aromatic rings. The van der Waals surface area contributed by atoms with Crippen molar-refractivity contribution in [2.75, 3.05) is 12.8 Å². The van der Waals surface area contributed by atoms with E-state index in [9.17, 15) is 4.79 Å². The Morgan fingerprint density at radius 1 is 1.50 bits per heavy atom. The lowest BCUT2D eigenvalue weighted by Gasteiger charge is -2.06. The number of pyridine rings is 1. The zero-order chi connectivity index (χ0) is 13.1. The molecule has 0 aliphatic rings. The van der Waals surface area contributed by atoms with Gasteiger partial charge in [-0.1, -0.05) is 0 Å². The standard InChI is InChI=1S/C10H10N4O3S/c1-5-13-14-10(17-5)18-8-7(11)6(3-4-12-8)9(15)16-2/h3-4H,11H2,1-2H3. The maximum Gasteiger partial charge on any atom is 0.340 e. The van der Waals surface area contributed by atoms with E-state index < -0.39 is 5.97 Å². The molecule has 0 aromatic carbocycles. The van der Waals surface area contributed by atoms with Gasteiger partial charge in [-0.2, -0.15) is 0 Å². The Morgan fingerprint density at radius 3 is 2.89 bits per heavy atom. The van der Waals surface area contributed by atoms with E-state index >= 15 is 0 Å². The van der Waals surface area contributed by atoms with Crippen molar-refractivity contribution in [3.8, 4) is 0 Å². The third-order valence-corrected chi connectivity index (χ3v) is 2.91. The molecule has 2 N–H and O–H groups in total. The highest BCUT2D eigenvalue weighted by Crippen LogP contribution is 2.31. The average Bonchev–Trinajstić information content (AvgIpc) is 2.76. The van der Waals surface area contributed by atoms with Crippen LogP contribution in [0.1, 0.15) is 16.2 Å². The van der Waals surface area contributed by atoms with Crippen LogP contribution in [-0.2, 0) is 4.74 Å². The van der Waals surface area contributed by atoms with E-state index in [0.29, 0.717) is 16.1 Å². The maximum atomic E-state index is 11.5. The van der Waals surface area contributed by atoms with Gasteiger partial charge in [0.15, 0.2) is 0 Å². The minimum Gasteiger partial charge on any atom is -0.465 e. The molecule has 0 fully saturated rings. The number of nitrogens with two attached hydrogens (primary N) is 1. The molecule has 0 bridgehead atoms. The van der Waals surface area contributed by atoms with Crippen LogP contribution in [0.4, 0.5) is 5.69 Å². The van der Waals surface area contributed by atoms with Gasteiger partial charge in [0, 0.05) is 13.1 Å². The Bertz CT molecular complexity index is 584. The van der Waals surface area contributed by atoms with Gasteiger partial charge in [-0.3, -0.25) is 0 Å². The number of carbonyl (C=O) groups excluding carboxylic acids is 1. The lowest BCUT2D eigenvalue weighted by atomic mass is 10.2. The number of hydrogen-bond donors (Lipinski definition) is 1. The number of anilines is 1. The van der Waals surface area contributed by atoms with Gasteiger partial charge in [-0.15, -0.1) is 10.2 Å². The molecule has 2 heterocycles. The highest BCUT2D eigenvalue weighted by molar-refractivity contribution is 7.99. The molecule has 8 heteroatoms. The van der Waals surface area contributed by atoms with Crippen molar-refractivity contribution in [1.29, 1.82) is 0 Å². The molecule has 0 atom stereocenters. The van der Waals surface area contributed by atoms with Gasteiger partial charge in [0.25, 0.3) is 5.22 Å². The number of nitrogens with zero attached hydrogens (tertiary/aromatic N) is 3. The summed E-state index contributed by atoms with van der Waals surface area (Å²) in [7, 11) is 1.29. The van der Waals surface area contributed by atoms with Crippen molar-refractivity contribution in [1.82, 2.24) is 15.2 Å². The Kier molecular flexibility index (Phi) is 3.47. The quantitative estimate of drug-likeness (QED) is 0.829.